The van der Waals surface area contributed by atoms with Gasteiger partial charge in [0.1, 0.15) is 0 Å². The van der Waals surface area contributed by atoms with Crippen LogP contribution in [0.25, 0.3) is 24.3 Å². The molecule has 0 spiro atoms. The summed E-state index contributed by atoms with van der Waals surface area (Å²) in [7, 11) is 6.80. The van der Waals surface area contributed by atoms with Crippen LogP contribution in [0.15, 0.2) is 194 Å². The van der Waals surface area contributed by atoms with Gasteiger partial charge in [-0.3, -0.25) is 0 Å². The second-order valence-electron chi connectivity index (χ2n) is 30.3. The molecule has 0 saturated carbocycles. The number of aryl methyl sites for hydroxylation is 4. The average Bonchev–Trinajstić information content (AvgIpc) is 1.62. The fourth-order valence-corrected chi connectivity index (χ4v) is 21.6. The van der Waals surface area contributed by atoms with Crippen molar-refractivity contribution in [3.8, 4) is 0 Å². The van der Waals surface area contributed by atoms with E-state index in [9.17, 15) is 0 Å². The molecule has 8 aromatic rings. The van der Waals surface area contributed by atoms with Gasteiger partial charge in [0.2, 0.25) is 0 Å². The first kappa shape index (κ1) is 68.0. The number of benzene rings is 4. The molecule has 0 saturated heterocycles. The van der Waals surface area contributed by atoms with E-state index < -0.39 is 38.4 Å². The summed E-state index contributed by atoms with van der Waals surface area (Å²) in [6.07, 6.45) is 37.1. The minimum absolute atomic E-state index is 0.157. The quantitative estimate of drug-likeness (QED) is 0.105. The van der Waals surface area contributed by atoms with Crippen LogP contribution in [0, 0.1) is 27.7 Å². The Hall–Kier alpha value is -5.90. The molecule has 470 valence electrons. The van der Waals surface area contributed by atoms with Gasteiger partial charge in [-0.05, 0) is 89.8 Å². The summed E-state index contributed by atoms with van der Waals surface area (Å²) in [4.78, 5) is 0. The van der Waals surface area contributed by atoms with E-state index in [-0.39, 0.29) is 45.3 Å². The summed E-state index contributed by atoms with van der Waals surface area (Å²) in [5.41, 5.74) is 29.1. The van der Waals surface area contributed by atoms with Crippen LogP contribution in [0.5, 0.6) is 0 Å². The number of hydrogen-bond donors (Lipinski definition) is 0. The predicted molar refractivity (Wildman–Crippen MR) is 404 cm³/mol. The first-order valence-electron chi connectivity index (χ1n) is 33.1. The van der Waals surface area contributed by atoms with E-state index in [1.807, 2.05) is 0 Å². The summed E-state index contributed by atoms with van der Waals surface area (Å²) in [6, 6.07) is 47.3. The SMILES string of the molecule is Cc1cc2c([c-]1[SiH](C)[c-]1c(C)cc3c1C=CC=CC3c1ccc(C(C)(C)C)cc1)C=CC=CC2c1ccc(C(C)(C)C)cc1.Cc1cc2c([c-]1[SiH](C)[c-]1c(C)cc3c1C=CC=CC3c1ccc(C(C)(C)C)cc1)C=CC=CC2c1ccc(C(C)(C)C)cc1.[Cl][Zr][Cl]. The molecule has 0 radical (unpaired) electrons. The van der Waals surface area contributed by atoms with Crippen molar-refractivity contribution in [2.75, 3.05) is 0 Å². The fourth-order valence-electron chi connectivity index (χ4n) is 15.0. The third-order valence-electron chi connectivity index (χ3n) is 19.9. The molecule has 0 bridgehead atoms. The van der Waals surface area contributed by atoms with Gasteiger partial charge in [-0.1, -0.05) is 270 Å². The molecule has 4 atom stereocenters. The zero-order valence-electron chi connectivity index (χ0n) is 57.5. The topological polar surface area (TPSA) is 0 Å². The van der Waals surface area contributed by atoms with E-state index in [2.05, 4.69) is 342 Å². The number of allylic oxidation sites excluding steroid dienone is 12. The van der Waals surface area contributed by atoms with Crippen molar-refractivity contribution in [1.29, 1.82) is 0 Å². The predicted octanol–water partition coefficient (Wildman–Crippen LogP) is 20.9. The number of halogens is 2. The molecule has 0 fully saturated rings. The van der Waals surface area contributed by atoms with Gasteiger partial charge in [0.15, 0.2) is 0 Å². The molecule has 91 heavy (non-hydrogen) atoms. The number of fused-ring (bicyclic) bond motifs is 4. The summed E-state index contributed by atoms with van der Waals surface area (Å²) >= 11 is -0.826. The molecule has 0 N–H and O–H groups in total. The molecule has 0 nitrogen and oxygen atoms in total. The first-order chi connectivity index (χ1) is 43.1. The van der Waals surface area contributed by atoms with E-state index in [1.165, 1.54) is 111 Å². The Morgan fingerprint density at radius 3 is 0.648 bits per heavy atom. The van der Waals surface area contributed by atoms with Crippen LogP contribution in [0.3, 0.4) is 0 Å². The average molecular weight is 1350 g/mol. The van der Waals surface area contributed by atoms with Crippen molar-refractivity contribution >= 4 is 79.7 Å². The normalized spacial score (nSPS) is 18.1. The molecule has 0 aliphatic heterocycles. The molecule has 4 unspecified atom stereocenters. The van der Waals surface area contributed by atoms with Gasteiger partial charge in [0.25, 0.3) is 0 Å². The summed E-state index contributed by atoms with van der Waals surface area (Å²) in [6.45, 7) is 42.0. The van der Waals surface area contributed by atoms with Crippen LogP contribution in [0.1, 0.15) is 218 Å². The molecule has 0 aromatic heterocycles. The van der Waals surface area contributed by atoms with Gasteiger partial charge in [0.05, 0.1) is 0 Å². The van der Waals surface area contributed by atoms with E-state index in [1.54, 1.807) is 20.7 Å². The summed E-state index contributed by atoms with van der Waals surface area (Å²) in [5, 5.41) is 6.41. The van der Waals surface area contributed by atoms with Crippen molar-refractivity contribution in [1.82, 2.24) is 0 Å². The molecular formula is C86H96Cl2Si2Zr-4. The molecule has 0 amide bonds. The summed E-state index contributed by atoms with van der Waals surface area (Å²) in [5.74, 6) is 1.07. The van der Waals surface area contributed by atoms with Crippen LogP contribution in [-0.2, 0) is 42.5 Å². The van der Waals surface area contributed by atoms with Gasteiger partial charge in [-0.15, -0.1) is 91.6 Å². The Morgan fingerprint density at radius 2 is 0.484 bits per heavy atom. The maximum atomic E-state index is 4.93. The summed E-state index contributed by atoms with van der Waals surface area (Å²) < 4.78 is 0. The molecule has 4 aliphatic rings. The van der Waals surface area contributed by atoms with Crippen molar-refractivity contribution in [2.24, 2.45) is 0 Å². The third kappa shape index (κ3) is 14.4. The third-order valence-corrected chi connectivity index (χ3v) is 26.4. The van der Waals surface area contributed by atoms with Crippen LogP contribution in [0.2, 0.25) is 13.1 Å². The number of rotatable bonds is 8. The molecular weight excluding hydrogens is 1250 g/mol. The Kier molecular flexibility index (Phi) is 20.6. The van der Waals surface area contributed by atoms with E-state index in [4.69, 9.17) is 17.0 Å². The maximum absolute atomic E-state index is 4.93. The van der Waals surface area contributed by atoms with Gasteiger partial charge >= 0.3 is 37.9 Å². The van der Waals surface area contributed by atoms with Gasteiger partial charge in [-0.2, -0.15) is 68.8 Å². The second-order valence-corrected chi connectivity index (χ2v) is 39.3. The van der Waals surface area contributed by atoms with E-state index >= 15 is 0 Å². The Bertz CT molecular complexity index is 3600. The van der Waals surface area contributed by atoms with Crippen molar-refractivity contribution in [2.45, 2.75) is 169 Å². The fraction of sp³-hybridized carbons (Fsp3) is 0.302. The second kappa shape index (κ2) is 27.6. The zero-order chi connectivity index (χ0) is 65.5. The molecule has 0 heterocycles. The van der Waals surface area contributed by atoms with Crippen LogP contribution in [-0.4, -0.2) is 17.6 Å². The standard InChI is InChI=1S/2C43H48Si.2ClH.Zr/c2*1-28-26-38-34(30-18-22-32(23-19-30)42(3,4)5)14-10-12-16-36(38)40(28)44(9)41-29(2)27-39-35(15-11-13-17-37(39)41)31-20-24-33(25-21-31)43(6,7)8;;;/h2*10-27,34-35,44H,1-9H3;2*1H;/q2*-2;;;+2/p-2. The number of hydrogen-bond acceptors (Lipinski definition) is 0. The minimum atomic E-state index is -1.53. The first-order valence-corrected chi connectivity index (χ1v) is 44.0. The molecule has 4 aliphatic carbocycles. The van der Waals surface area contributed by atoms with E-state index in [0.717, 1.165) is 0 Å². The zero-order valence-corrected chi connectivity index (χ0v) is 63.8. The monoisotopic (exact) mass is 1340 g/mol. The van der Waals surface area contributed by atoms with Crippen molar-refractivity contribution in [3.05, 3.63) is 306 Å². The van der Waals surface area contributed by atoms with Crippen LogP contribution >= 0.6 is 17.0 Å². The van der Waals surface area contributed by atoms with Crippen LogP contribution in [0.4, 0.5) is 0 Å². The van der Waals surface area contributed by atoms with Gasteiger partial charge < -0.3 is 0 Å². The van der Waals surface area contributed by atoms with Crippen LogP contribution < -0.4 is 20.7 Å². The van der Waals surface area contributed by atoms with Crippen molar-refractivity contribution in [3.63, 3.8) is 0 Å². The Labute approximate surface area is 570 Å². The molecule has 5 heteroatoms. The Balaban J connectivity index is 0.000000192. The van der Waals surface area contributed by atoms with E-state index in [0.29, 0.717) is 0 Å². The Morgan fingerprint density at radius 1 is 0.308 bits per heavy atom. The van der Waals surface area contributed by atoms with Gasteiger partial charge in [-0.25, -0.2) is 0 Å². The van der Waals surface area contributed by atoms with Crippen molar-refractivity contribution < 1.29 is 20.8 Å². The molecule has 12 rings (SSSR count). The van der Waals surface area contributed by atoms with Gasteiger partial charge in [0, 0.05) is 17.6 Å². The molecule has 8 aromatic carbocycles.